The van der Waals surface area contributed by atoms with E-state index in [0.717, 1.165) is 34.6 Å². The molecule has 25 heavy (non-hydrogen) atoms. The minimum Gasteiger partial charge on any atom is -0.497 e. The lowest BCUT2D eigenvalue weighted by molar-refractivity contribution is -0.137. The van der Waals surface area contributed by atoms with Gasteiger partial charge in [0.2, 0.25) is 0 Å². The number of benzene rings is 1. The first-order valence-electron chi connectivity index (χ1n) is 8.27. The number of thiophene rings is 1. The average Bonchev–Trinajstić information content (AvgIpc) is 3.20. The van der Waals surface area contributed by atoms with Gasteiger partial charge in [0.1, 0.15) is 5.75 Å². The molecule has 2 heterocycles. The van der Waals surface area contributed by atoms with E-state index in [0.29, 0.717) is 11.4 Å². The van der Waals surface area contributed by atoms with Gasteiger partial charge in [-0.05, 0) is 49.1 Å². The van der Waals surface area contributed by atoms with E-state index in [1.54, 1.807) is 12.0 Å². The maximum Gasteiger partial charge on any atom is 0.305 e. The topological polar surface area (TPSA) is 66.8 Å². The fourth-order valence-corrected chi connectivity index (χ4v) is 4.30. The Kier molecular flexibility index (Phi) is 5.08. The molecule has 132 valence electrons. The normalized spacial score (nSPS) is 16.9. The van der Waals surface area contributed by atoms with Gasteiger partial charge < -0.3 is 14.7 Å². The Hall–Kier alpha value is -2.34. The molecule has 0 aliphatic carbocycles. The molecule has 0 spiro atoms. The number of aryl methyl sites for hydroxylation is 1. The maximum atomic E-state index is 12.9. The van der Waals surface area contributed by atoms with Gasteiger partial charge in [0, 0.05) is 17.5 Å². The molecular formula is C19H21NO4S. The van der Waals surface area contributed by atoms with E-state index in [1.165, 1.54) is 11.3 Å². The van der Waals surface area contributed by atoms with E-state index in [2.05, 4.69) is 0 Å². The molecule has 1 fully saturated rings. The molecule has 1 atom stereocenters. The number of methoxy groups -OCH3 is 1. The summed E-state index contributed by atoms with van der Waals surface area (Å²) < 4.78 is 5.18. The monoisotopic (exact) mass is 359 g/mol. The molecule has 0 saturated carbocycles. The van der Waals surface area contributed by atoms with Crippen LogP contribution in [-0.4, -0.2) is 41.6 Å². The summed E-state index contributed by atoms with van der Waals surface area (Å²) in [6, 6.07) is 9.47. The van der Waals surface area contributed by atoms with Gasteiger partial charge in [-0.15, -0.1) is 11.3 Å². The van der Waals surface area contributed by atoms with Crippen molar-refractivity contribution < 1.29 is 19.4 Å². The first kappa shape index (κ1) is 17.5. The molecule has 1 aliphatic rings. The van der Waals surface area contributed by atoms with Gasteiger partial charge in [-0.2, -0.15) is 0 Å². The summed E-state index contributed by atoms with van der Waals surface area (Å²) in [6.07, 6.45) is 1.63. The lowest BCUT2D eigenvalue weighted by atomic mass is 10.1. The predicted molar refractivity (Wildman–Crippen MR) is 97.4 cm³/mol. The van der Waals surface area contributed by atoms with Crippen LogP contribution in [0.4, 0.5) is 0 Å². The molecule has 0 radical (unpaired) electrons. The number of carbonyl (C=O) groups is 2. The standard InChI is InChI=1S/C19H21NO4S/c1-12-16(13-5-7-15(24-2)8-6-13)11-17(25-12)19(23)20-9-3-4-14(20)10-18(21)22/h5-8,11,14H,3-4,9-10H2,1-2H3,(H,21,22). The molecule has 1 N–H and O–H groups in total. The molecule has 1 aromatic carbocycles. The lowest BCUT2D eigenvalue weighted by Gasteiger charge is -2.22. The van der Waals surface area contributed by atoms with Crippen molar-refractivity contribution in [1.82, 2.24) is 4.90 Å². The van der Waals surface area contributed by atoms with Crippen molar-refractivity contribution in [1.29, 1.82) is 0 Å². The third-order valence-electron chi connectivity index (χ3n) is 4.58. The number of carboxylic acids is 1. The zero-order chi connectivity index (χ0) is 18.0. The van der Waals surface area contributed by atoms with E-state index in [-0.39, 0.29) is 18.4 Å². The number of rotatable bonds is 5. The Morgan fingerprint density at radius 3 is 2.68 bits per heavy atom. The molecule has 6 heteroatoms. The van der Waals surface area contributed by atoms with Crippen molar-refractivity contribution in [3.05, 3.63) is 40.1 Å². The number of carbonyl (C=O) groups excluding carboxylic acids is 1. The lowest BCUT2D eigenvalue weighted by Crippen LogP contribution is -2.36. The Bertz CT molecular complexity index is 781. The van der Waals surface area contributed by atoms with Gasteiger partial charge in [-0.3, -0.25) is 9.59 Å². The minimum atomic E-state index is -0.856. The number of nitrogens with zero attached hydrogens (tertiary/aromatic N) is 1. The molecule has 0 bridgehead atoms. The second-order valence-corrected chi connectivity index (χ2v) is 7.46. The van der Waals surface area contributed by atoms with E-state index >= 15 is 0 Å². The molecule has 5 nitrogen and oxygen atoms in total. The van der Waals surface area contributed by atoms with Crippen LogP contribution in [0, 0.1) is 6.92 Å². The number of hydrogen-bond donors (Lipinski definition) is 1. The van der Waals surface area contributed by atoms with Crippen LogP contribution in [0.25, 0.3) is 11.1 Å². The SMILES string of the molecule is COc1ccc(-c2cc(C(=O)N3CCCC3CC(=O)O)sc2C)cc1. The van der Waals surface area contributed by atoms with Crippen LogP contribution in [0.3, 0.4) is 0 Å². The van der Waals surface area contributed by atoms with Gasteiger partial charge in [0.25, 0.3) is 5.91 Å². The molecule has 3 rings (SSSR count). The first-order valence-corrected chi connectivity index (χ1v) is 9.09. The van der Waals surface area contributed by atoms with Crippen molar-refractivity contribution in [3.63, 3.8) is 0 Å². The number of hydrogen-bond acceptors (Lipinski definition) is 4. The van der Waals surface area contributed by atoms with Gasteiger partial charge in [0.05, 0.1) is 18.4 Å². The number of aliphatic carboxylic acids is 1. The molecule has 1 amide bonds. The Morgan fingerprint density at radius 1 is 1.32 bits per heavy atom. The second-order valence-electron chi connectivity index (χ2n) is 6.20. The summed E-state index contributed by atoms with van der Waals surface area (Å²) in [5.74, 6) is -0.121. The molecule has 1 saturated heterocycles. The largest absolute Gasteiger partial charge is 0.497 e. The number of ether oxygens (including phenoxy) is 1. The maximum absolute atomic E-state index is 12.9. The van der Waals surface area contributed by atoms with Gasteiger partial charge in [-0.1, -0.05) is 12.1 Å². The summed E-state index contributed by atoms with van der Waals surface area (Å²) >= 11 is 1.47. The van der Waals surface area contributed by atoms with Crippen LogP contribution in [-0.2, 0) is 4.79 Å². The minimum absolute atomic E-state index is 0.0153. The van der Waals surface area contributed by atoms with Gasteiger partial charge in [-0.25, -0.2) is 0 Å². The van der Waals surface area contributed by atoms with Crippen molar-refractivity contribution in [2.75, 3.05) is 13.7 Å². The van der Waals surface area contributed by atoms with Crippen LogP contribution < -0.4 is 4.74 Å². The third-order valence-corrected chi connectivity index (χ3v) is 5.62. The summed E-state index contributed by atoms with van der Waals surface area (Å²) in [5, 5.41) is 9.04. The summed E-state index contributed by atoms with van der Waals surface area (Å²) in [7, 11) is 1.63. The Balaban J connectivity index is 1.83. The highest BCUT2D eigenvalue weighted by molar-refractivity contribution is 7.14. The van der Waals surface area contributed by atoms with Gasteiger partial charge in [0.15, 0.2) is 0 Å². The molecule has 1 aliphatic heterocycles. The third kappa shape index (κ3) is 3.69. The van der Waals surface area contributed by atoms with Crippen LogP contribution in [0.15, 0.2) is 30.3 Å². The predicted octanol–water partition coefficient (Wildman–Crippen LogP) is 3.81. The molecule has 1 unspecified atom stereocenters. The smallest absolute Gasteiger partial charge is 0.305 e. The Labute approximate surface area is 150 Å². The van der Waals surface area contributed by atoms with E-state index < -0.39 is 5.97 Å². The van der Waals surface area contributed by atoms with E-state index in [9.17, 15) is 9.59 Å². The quantitative estimate of drug-likeness (QED) is 0.881. The Morgan fingerprint density at radius 2 is 2.04 bits per heavy atom. The van der Waals surface area contributed by atoms with E-state index in [1.807, 2.05) is 37.3 Å². The fourth-order valence-electron chi connectivity index (χ4n) is 3.30. The van der Waals surface area contributed by atoms with Crippen LogP contribution in [0.5, 0.6) is 5.75 Å². The number of carboxylic acid groups (broad SMARTS) is 1. The highest BCUT2D eigenvalue weighted by Crippen LogP contribution is 2.34. The number of amides is 1. The zero-order valence-electron chi connectivity index (χ0n) is 14.3. The summed E-state index contributed by atoms with van der Waals surface area (Å²) in [4.78, 5) is 27.3. The van der Waals surface area contributed by atoms with Crippen molar-refractivity contribution >= 4 is 23.2 Å². The van der Waals surface area contributed by atoms with Crippen LogP contribution in [0.2, 0.25) is 0 Å². The van der Waals surface area contributed by atoms with Gasteiger partial charge >= 0.3 is 5.97 Å². The van der Waals surface area contributed by atoms with Crippen LogP contribution in [0.1, 0.15) is 33.8 Å². The number of likely N-dealkylation sites (tertiary alicyclic amines) is 1. The summed E-state index contributed by atoms with van der Waals surface area (Å²) in [5.41, 5.74) is 2.07. The fraction of sp³-hybridized carbons (Fsp3) is 0.368. The van der Waals surface area contributed by atoms with E-state index in [4.69, 9.17) is 9.84 Å². The highest BCUT2D eigenvalue weighted by atomic mass is 32.1. The highest BCUT2D eigenvalue weighted by Gasteiger charge is 2.32. The first-order chi connectivity index (χ1) is 12.0. The average molecular weight is 359 g/mol. The molecule has 2 aromatic rings. The second kappa shape index (κ2) is 7.27. The summed E-state index contributed by atoms with van der Waals surface area (Å²) in [6.45, 7) is 2.63. The molecule has 1 aromatic heterocycles. The van der Waals surface area contributed by atoms with Crippen molar-refractivity contribution in [3.8, 4) is 16.9 Å². The van der Waals surface area contributed by atoms with Crippen LogP contribution >= 0.6 is 11.3 Å². The van der Waals surface area contributed by atoms with Crippen molar-refractivity contribution in [2.45, 2.75) is 32.2 Å². The molecular weight excluding hydrogens is 338 g/mol. The zero-order valence-corrected chi connectivity index (χ0v) is 15.1. The van der Waals surface area contributed by atoms with Crippen molar-refractivity contribution in [2.24, 2.45) is 0 Å².